The second-order valence-corrected chi connectivity index (χ2v) is 16.1. The van der Waals surface area contributed by atoms with Crippen LogP contribution in [0.1, 0.15) is 56.5 Å². The number of halogens is 2. The predicted octanol–water partition coefficient (Wildman–Crippen LogP) is 9.50. The van der Waals surface area contributed by atoms with Crippen molar-refractivity contribution in [2.24, 2.45) is 0 Å². The maximum Gasteiger partial charge on any atom is 0.313 e. The first-order valence-electron chi connectivity index (χ1n) is 21.0. The van der Waals surface area contributed by atoms with E-state index in [1.54, 1.807) is 42.9 Å². The molecule has 0 aliphatic carbocycles. The quantitative estimate of drug-likeness (QED) is 0.0739. The number of aromatic nitrogens is 7. The smallest absolute Gasteiger partial charge is 0.313 e. The van der Waals surface area contributed by atoms with Crippen LogP contribution in [0.3, 0.4) is 0 Å². The van der Waals surface area contributed by atoms with Crippen molar-refractivity contribution in [3.05, 3.63) is 113 Å². The van der Waals surface area contributed by atoms with Crippen LogP contribution in [0.5, 0.6) is 5.88 Å². The molecule has 65 heavy (non-hydrogen) atoms. The molecule has 0 saturated carbocycles. The molecule has 0 radical (unpaired) electrons. The molecule has 1 fully saturated rings. The standard InChI is InChI=1S/C48H39ClFN9O6/c1-27(2)62-48-38(49)23-30(25-54-48)47-56-45(58-65-47)36-8-3-6-34-32(36)16-19-52-39(34)10-5-11-42(60)63-43(61)15-13-40-35-7-4-9-37(33(35)17-20-53-40)44-55-46(64-57-44)28-12-14-41(29(22-28)24-51)59-21-18-31(50)26-59/h3-4,6-9,12,14,16-17,19-20,22-23,25,27,31H,5,10-11,13,15,18,21,26H2,1-2H3. The normalized spacial score (nSPS) is 13.7. The largest absolute Gasteiger partial charge is 0.474 e. The summed E-state index contributed by atoms with van der Waals surface area (Å²) in [6.45, 7) is 4.57. The van der Waals surface area contributed by atoms with Crippen molar-refractivity contribution in [3.8, 4) is 57.6 Å². The molecule has 0 amide bonds. The first kappa shape index (κ1) is 42.7. The fourth-order valence-corrected chi connectivity index (χ4v) is 8.11. The van der Waals surface area contributed by atoms with Gasteiger partial charge < -0.3 is 23.4 Å². The average molecular weight is 892 g/mol. The Hall–Kier alpha value is -7.64. The minimum absolute atomic E-state index is 0.0117. The van der Waals surface area contributed by atoms with Crippen LogP contribution in [-0.4, -0.2) is 72.5 Å². The number of nitriles is 1. The fraction of sp³-hybridized carbons (Fsp3) is 0.250. The third-order valence-electron chi connectivity index (χ3n) is 10.9. The number of benzene rings is 3. The van der Waals surface area contributed by atoms with E-state index in [0.29, 0.717) is 82.0 Å². The molecule has 1 aliphatic heterocycles. The van der Waals surface area contributed by atoms with Crippen LogP contribution >= 0.6 is 11.6 Å². The van der Waals surface area contributed by atoms with Crippen molar-refractivity contribution in [2.45, 2.75) is 64.6 Å². The summed E-state index contributed by atoms with van der Waals surface area (Å²) in [4.78, 5) is 50.2. The van der Waals surface area contributed by atoms with Gasteiger partial charge in [-0.25, -0.2) is 9.37 Å². The van der Waals surface area contributed by atoms with Crippen LogP contribution in [-0.2, 0) is 27.2 Å². The lowest BCUT2D eigenvalue weighted by atomic mass is 10.0. The Kier molecular flexibility index (Phi) is 12.2. The minimum Gasteiger partial charge on any atom is -0.474 e. The van der Waals surface area contributed by atoms with E-state index in [1.807, 2.05) is 67.3 Å². The molecular formula is C48H39ClFN9O6. The summed E-state index contributed by atoms with van der Waals surface area (Å²) in [6.07, 6.45) is 5.33. The highest BCUT2D eigenvalue weighted by atomic mass is 35.5. The van der Waals surface area contributed by atoms with E-state index in [-0.39, 0.29) is 43.7 Å². The van der Waals surface area contributed by atoms with Gasteiger partial charge in [0.15, 0.2) is 0 Å². The van der Waals surface area contributed by atoms with Gasteiger partial charge in [-0.3, -0.25) is 19.6 Å². The molecule has 15 nitrogen and oxygen atoms in total. The molecule has 8 aromatic rings. The van der Waals surface area contributed by atoms with E-state index in [9.17, 15) is 19.2 Å². The maximum atomic E-state index is 13.9. The highest BCUT2D eigenvalue weighted by Gasteiger charge is 2.25. The van der Waals surface area contributed by atoms with Gasteiger partial charge in [-0.2, -0.15) is 15.2 Å². The summed E-state index contributed by atoms with van der Waals surface area (Å²) in [5, 5.41) is 21.9. The first-order valence-corrected chi connectivity index (χ1v) is 21.4. The average Bonchev–Trinajstić information content (AvgIpc) is 4.11. The molecule has 0 bridgehead atoms. The number of anilines is 1. The number of ether oxygens (including phenoxy) is 2. The number of aryl methyl sites for hydroxylation is 2. The van der Waals surface area contributed by atoms with E-state index in [2.05, 4.69) is 41.3 Å². The van der Waals surface area contributed by atoms with Crippen LogP contribution in [0, 0.1) is 11.3 Å². The van der Waals surface area contributed by atoms with Crippen LogP contribution in [0.4, 0.5) is 10.1 Å². The van der Waals surface area contributed by atoms with Crippen LogP contribution in [0.25, 0.3) is 67.2 Å². The Bertz CT molecular complexity index is 3130. The lowest BCUT2D eigenvalue weighted by molar-refractivity contribution is -0.159. The van der Waals surface area contributed by atoms with Crippen molar-refractivity contribution < 1.29 is 32.5 Å². The van der Waals surface area contributed by atoms with Gasteiger partial charge in [-0.05, 0) is 80.3 Å². The van der Waals surface area contributed by atoms with Crippen LogP contribution in [0.15, 0.2) is 100 Å². The number of fused-ring (bicyclic) bond motifs is 2. The minimum atomic E-state index is -0.920. The summed E-state index contributed by atoms with van der Waals surface area (Å²) in [6, 6.07) is 24.1. The number of rotatable bonds is 14. The van der Waals surface area contributed by atoms with Gasteiger partial charge in [0.1, 0.15) is 17.3 Å². The zero-order valence-corrected chi connectivity index (χ0v) is 36.0. The number of carbonyl (C=O) groups is 2. The van der Waals surface area contributed by atoms with Crippen LogP contribution in [0.2, 0.25) is 5.02 Å². The zero-order valence-electron chi connectivity index (χ0n) is 35.2. The Morgan fingerprint density at radius 3 is 2.09 bits per heavy atom. The van der Waals surface area contributed by atoms with E-state index in [4.69, 9.17) is 30.1 Å². The van der Waals surface area contributed by atoms with Gasteiger partial charge in [-0.1, -0.05) is 58.3 Å². The Labute approximate surface area is 376 Å². The number of nitrogens with zero attached hydrogens (tertiary/aromatic N) is 9. The number of carbonyl (C=O) groups excluding carboxylic acids is 2. The van der Waals surface area contributed by atoms with Gasteiger partial charge in [0.25, 0.3) is 11.8 Å². The van der Waals surface area contributed by atoms with Crippen molar-refractivity contribution in [1.29, 1.82) is 5.26 Å². The molecule has 3 aromatic carbocycles. The fourth-order valence-electron chi connectivity index (χ4n) is 7.90. The van der Waals surface area contributed by atoms with Crippen molar-refractivity contribution in [1.82, 2.24) is 35.2 Å². The van der Waals surface area contributed by atoms with Crippen molar-refractivity contribution in [3.63, 3.8) is 0 Å². The summed E-state index contributed by atoms with van der Waals surface area (Å²) < 4.78 is 35.9. The second kappa shape index (κ2) is 18.6. The molecule has 0 spiro atoms. The topological polar surface area (TPSA) is 196 Å². The highest BCUT2D eigenvalue weighted by Crippen LogP contribution is 2.35. The highest BCUT2D eigenvalue weighted by molar-refractivity contribution is 6.32. The van der Waals surface area contributed by atoms with Crippen LogP contribution < -0.4 is 9.64 Å². The lowest BCUT2D eigenvalue weighted by Gasteiger charge is -2.19. The Morgan fingerprint density at radius 2 is 1.48 bits per heavy atom. The predicted molar refractivity (Wildman–Crippen MR) is 238 cm³/mol. The lowest BCUT2D eigenvalue weighted by Crippen LogP contribution is -2.20. The van der Waals surface area contributed by atoms with E-state index < -0.39 is 18.1 Å². The second-order valence-electron chi connectivity index (χ2n) is 15.7. The molecule has 0 N–H and O–H groups in total. The van der Waals surface area contributed by atoms with Crippen molar-refractivity contribution in [2.75, 3.05) is 18.0 Å². The van der Waals surface area contributed by atoms with Gasteiger partial charge in [0.2, 0.25) is 17.5 Å². The number of alkyl halides is 1. The number of hydrogen-bond donors (Lipinski definition) is 0. The molecule has 1 saturated heterocycles. The molecular weight excluding hydrogens is 853 g/mol. The van der Waals surface area contributed by atoms with Gasteiger partial charge in [0, 0.05) is 83.4 Å². The van der Waals surface area contributed by atoms with Crippen molar-refractivity contribution >= 4 is 50.8 Å². The molecule has 1 atom stereocenters. The number of hydrogen-bond acceptors (Lipinski definition) is 15. The molecule has 5 aromatic heterocycles. The molecule has 326 valence electrons. The summed E-state index contributed by atoms with van der Waals surface area (Å²) in [5.74, 6) is 0.206. The Balaban J connectivity index is 0.806. The maximum absolute atomic E-state index is 13.9. The zero-order chi connectivity index (χ0) is 45.0. The molecule has 17 heteroatoms. The number of pyridine rings is 3. The first-order chi connectivity index (χ1) is 31.6. The molecule has 1 unspecified atom stereocenters. The third-order valence-corrected chi connectivity index (χ3v) is 11.2. The summed E-state index contributed by atoms with van der Waals surface area (Å²) in [7, 11) is 0. The van der Waals surface area contributed by atoms with E-state index in [0.717, 1.165) is 32.8 Å². The van der Waals surface area contributed by atoms with E-state index in [1.165, 1.54) is 0 Å². The summed E-state index contributed by atoms with van der Waals surface area (Å²) >= 11 is 6.39. The summed E-state index contributed by atoms with van der Waals surface area (Å²) in [5.41, 5.74) is 4.98. The SMILES string of the molecule is CC(C)Oc1ncc(-c2nc(-c3cccc4c(CCCC(=O)OC(=O)CCc5nccc6c(-c7noc(-c8ccc(N9CCC(F)C9)c(C#N)c8)n7)cccc56)nccc34)no2)cc1Cl. The van der Waals surface area contributed by atoms with Gasteiger partial charge in [-0.15, -0.1) is 0 Å². The van der Waals surface area contributed by atoms with Gasteiger partial charge >= 0.3 is 11.9 Å². The van der Waals surface area contributed by atoms with E-state index >= 15 is 0 Å². The number of esters is 2. The Morgan fingerprint density at radius 1 is 0.831 bits per heavy atom. The molecule has 9 rings (SSSR count). The third kappa shape index (κ3) is 9.23. The molecule has 1 aliphatic rings. The monoisotopic (exact) mass is 891 g/mol. The molecule has 6 heterocycles. The van der Waals surface area contributed by atoms with Gasteiger partial charge in [0.05, 0.1) is 29.3 Å².